The molecule has 0 unspecified atom stereocenters. The number of allylic oxidation sites excluding steroid dienone is 1. The number of halogens is 2. The number of ether oxygens (including phenoxy) is 1. The molecule has 0 bridgehead atoms. The number of carbonyl (C=O) groups excluding carboxylic acids is 1. The Hall–Kier alpha value is 0.230. The Morgan fingerprint density at radius 1 is 1.67 bits per heavy atom. The second-order valence-corrected chi connectivity index (χ2v) is 2.36. The van der Waals surface area contributed by atoms with E-state index >= 15 is 0 Å². The predicted molar refractivity (Wildman–Crippen MR) is 45.2 cm³/mol. The topological polar surface area (TPSA) is 26.3 Å². The van der Waals surface area contributed by atoms with Gasteiger partial charge in [0, 0.05) is 16.0 Å². The average molecular weight is 260 g/mol. The second kappa shape index (κ2) is 6.35. The minimum absolute atomic E-state index is 0.269. The molecule has 0 aromatic carbocycles. The third kappa shape index (κ3) is 8.23. The minimum atomic E-state index is -0.756. The van der Waals surface area contributed by atoms with Crippen molar-refractivity contribution in [1.29, 1.82) is 0 Å². The highest BCUT2D eigenvalue weighted by molar-refractivity contribution is 14.1. The van der Waals surface area contributed by atoms with Crippen molar-refractivity contribution in [2.45, 2.75) is 0 Å². The molecule has 0 heterocycles. The van der Waals surface area contributed by atoms with Crippen LogP contribution in [0.5, 0.6) is 0 Å². The first-order chi connectivity index (χ1) is 4.27. The van der Waals surface area contributed by atoms with E-state index in [0.29, 0.717) is 0 Å². The lowest BCUT2D eigenvalue weighted by Gasteiger charge is -1.90. The van der Waals surface area contributed by atoms with Crippen LogP contribution in [0.15, 0.2) is 12.2 Å². The Kier molecular flexibility index (Phi) is 6.51. The average Bonchev–Trinajstić information content (AvgIpc) is 1.80. The van der Waals surface area contributed by atoms with Gasteiger partial charge < -0.3 is 4.74 Å². The van der Waals surface area contributed by atoms with Crippen LogP contribution in [0.4, 0.5) is 4.79 Å². The molecule has 2 nitrogen and oxygen atoms in total. The standard InChI is InChI=1S/C5H6ClIO2/c6-5(8)9-4-2-1-3-7/h1-2H,3-4H2. The molecular weight excluding hydrogens is 254 g/mol. The van der Waals surface area contributed by atoms with Crippen LogP contribution < -0.4 is 0 Å². The van der Waals surface area contributed by atoms with Crippen molar-refractivity contribution in [1.82, 2.24) is 0 Å². The third-order valence-corrected chi connectivity index (χ3v) is 1.17. The molecule has 0 radical (unpaired) electrons. The maximum atomic E-state index is 9.91. The van der Waals surface area contributed by atoms with Gasteiger partial charge in [0.1, 0.15) is 6.61 Å². The number of carbonyl (C=O) groups is 1. The molecule has 0 amide bonds. The number of alkyl halides is 1. The van der Waals surface area contributed by atoms with E-state index in [2.05, 4.69) is 27.3 Å². The van der Waals surface area contributed by atoms with E-state index in [1.807, 2.05) is 6.08 Å². The fourth-order valence-electron chi connectivity index (χ4n) is 0.245. The molecule has 0 aliphatic carbocycles. The molecule has 0 rings (SSSR count). The molecule has 0 spiro atoms. The Morgan fingerprint density at radius 3 is 2.78 bits per heavy atom. The molecular formula is C5H6ClIO2. The number of rotatable bonds is 3. The highest BCUT2D eigenvalue weighted by Gasteiger charge is 1.88. The highest BCUT2D eigenvalue weighted by atomic mass is 127. The normalized spacial score (nSPS) is 10.0. The summed E-state index contributed by atoms with van der Waals surface area (Å²) >= 11 is 7.04. The molecule has 0 saturated heterocycles. The van der Waals surface area contributed by atoms with E-state index in [-0.39, 0.29) is 6.61 Å². The minimum Gasteiger partial charge on any atom is -0.449 e. The summed E-state index contributed by atoms with van der Waals surface area (Å²) in [5, 5.41) is 0. The zero-order valence-electron chi connectivity index (χ0n) is 4.64. The SMILES string of the molecule is O=C(Cl)OCC=CCI. The fraction of sp³-hybridized carbons (Fsp3) is 0.400. The molecule has 0 aliphatic rings. The van der Waals surface area contributed by atoms with E-state index in [0.717, 1.165) is 4.43 Å². The zero-order chi connectivity index (χ0) is 7.11. The Bertz CT molecular complexity index is 114. The van der Waals surface area contributed by atoms with Crippen LogP contribution in [0.2, 0.25) is 0 Å². The lowest BCUT2D eigenvalue weighted by Crippen LogP contribution is -1.91. The highest BCUT2D eigenvalue weighted by Crippen LogP contribution is 1.88. The van der Waals surface area contributed by atoms with Gasteiger partial charge in [-0.1, -0.05) is 34.7 Å². The van der Waals surface area contributed by atoms with Gasteiger partial charge in [-0.15, -0.1) is 0 Å². The van der Waals surface area contributed by atoms with Crippen molar-refractivity contribution in [2.75, 3.05) is 11.0 Å². The largest absolute Gasteiger partial charge is 0.449 e. The first-order valence-electron chi connectivity index (χ1n) is 2.30. The summed E-state index contributed by atoms with van der Waals surface area (Å²) in [6, 6.07) is 0. The Balaban J connectivity index is 3.09. The summed E-state index contributed by atoms with van der Waals surface area (Å²) < 4.78 is 5.29. The molecule has 0 aromatic rings. The molecule has 0 saturated carbocycles. The molecule has 0 aromatic heterocycles. The lowest BCUT2D eigenvalue weighted by atomic mass is 10.6. The monoisotopic (exact) mass is 260 g/mol. The quantitative estimate of drug-likeness (QED) is 0.337. The van der Waals surface area contributed by atoms with Crippen molar-refractivity contribution in [3.8, 4) is 0 Å². The number of hydrogen-bond donors (Lipinski definition) is 0. The molecule has 9 heavy (non-hydrogen) atoms. The maximum absolute atomic E-state index is 9.91. The summed E-state index contributed by atoms with van der Waals surface area (Å²) in [5.74, 6) is 0. The van der Waals surface area contributed by atoms with E-state index < -0.39 is 5.43 Å². The van der Waals surface area contributed by atoms with Crippen molar-refractivity contribution in [3.05, 3.63) is 12.2 Å². The third-order valence-electron chi connectivity index (χ3n) is 0.549. The van der Waals surface area contributed by atoms with Gasteiger partial charge >= 0.3 is 5.43 Å². The number of hydrogen-bond acceptors (Lipinski definition) is 2. The Morgan fingerprint density at radius 2 is 2.33 bits per heavy atom. The van der Waals surface area contributed by atoms with Gasteiger partial charge in [0.05, 0.1) is 0 Å². The predicted octanol–water partition coefficient (Wildman–Crippen LogP) is 2.35. The summed E-state index contributed by atoms with van der Waals surface area (Å²) in [6.07, 6.45) is 3.63. The zero-order valence-corrected chi connectivity index (χ0v) is 7.55. The summed E-state index contributed by atoms with van der Waals surface area (Å²) in [4.78, 5) is 9.91. The summed E-state index contributed by atoms with van der Waals surface area (Å²) in [7, 11) is 0. The molecule has 0 aliphatic heterocycles. The van der Waals surface area contributed by atoms with Gasteiger partial charge in [0.25, 0.3) is 0 Å². The van der Waals surface area contributed by atoms with Crippen molar-refractivity contribution < 1.29 is 9.53 Å². The second-order valence-electron chi connectivity index (χ2n) is 1.17. The lowest BCUT2D eigenvalue weighted by molar-refractivity contribution is 0.186. The van der Waals surface area contributed by atoms with Crippen LogP contribution in [0.25, 0.3) is 0 Å². The molecule has 4 heteroatoms. The molecule has 0 N–H and O–H groups in total. The maximum Gasteiger partial charge on any atom is 0.404 e. The van der Waals surface area contributed by atoms with Gasteiger partial charge in [-0.05, 0) is 0 Å². The van der Waals surface area contributed by atoms with Crippen molar-refractivity contribution in [3.63, 3.8) is 0 Å². The molecule has 52 valence electrons. The van der Waals surface area contributed by atoms with Gasteiger partial charge in [-0.2, -0.15) is 0 Å². The fourth-order valence-corrected chi connectivity index (χ4v) is 0.667. The van der Waals surface area contributed by atoms with Crippen LogP contribution in [0.1, 0.15) is 0 Å². The van der Waals surface area contributed by atoms with E-state index in [1.54, 1.807) is 6.08 Å². The summed E-state index contributed by atoms with van der Waals surface area (Å²) in [6.45, 7) is 0.269. The Labute approximate surface area is 72.3 Å². The van der Waals surface area contributed by atoms with Crippen LogP contribution in [-0.2, 0) is 4.74 Å². The van der Waals surface area contributed by atoms with Gasteiger partial charge in [-0.3, -0.25) is 0 Å². The first kappa shape index (κ1) is 9.23. The smallest absolute Gasteiger partial charge is 0.404 e. The summed E-state index contributed by atoms with van der Waals surface area (Å²) in [5.41, 5.74) is -0.756. The van der Waals surface area contributed by atoms with E-state index in [1.165, 1.54) is 0 Å². The molecule has 0 atom stereocenters. The van der Waals surface area contributed by atoms with Crippen LogP contribution in [-0.4, -0.2) is 16.5 Å². The van der Waals surface area contributed by atoms with Crippen molar-refractivity contribution in [2.24, 2.45) is 0 Å². The van der Waals surface area contributed by atoms with Crippen molar-refractivity contribution >= 4 is 39.6 Å². The van der Waals surface area contributed by atoms with E-state index in [4.69, 9.17) is 11.6 Å². The van der Waals surface area contributed by atoms with Crippen LogP contribution in [0, 0.1) is 0 Å². The molecule has 0 fully saturated rings. The van der Waals surface area contributed by atoms with Gasteiger partial charge in [-0.25, -0.2) is 4.79 Å². The van der Waals surface area contributed by atoms with E-state index in [9.17, 15) is 4.79 Å². The van der Waals surface area contributed by atoms with Gasteiger partial charge in [0.15, 0.2) is 0 Å². The van der Waals surface area contributed by atoms with Crippen LogP contribution >= 0.6 is 34.2 Å². The first-order valence-corrected chi connectivity index (χ1v) is 4.21. The van der Waals surface area contributed by atoms with Crippen LogP contribution in [0.3, 0.4) is 0 Å². The van der Waals surface area contributed by atoms with Gasteiger partial charge in [0.2, 0.25) is 0 Å².